The summed E-state index contributed by atoms with van der Waals surface area (Å²) in [5.41, 5.74) is 0. The molecule has 0 aromatic carbocycles. The van der Waals surface area contributed by atoms with Crippen molar-refractivity contribution in [2.75, 3.05) is 0 Å². The van der Waals surface area contributed by atoms with Crippen LogP contribution in [0.3, 0.4) is 0 Å². The number of nitriles is 1. The van der Waals surface area contributed by atoms with E-state index in [1.54, 1.807) is 6.07 Å². The summed E-state index contributed by atoms with van der Waals surface area (Å²) in [6.07, 6.45) is 0. The zero-order valence-electron chi connectivity index (χ0n) is 7.00. The van der Waals surface area contributed by atoms with Gasteiger partial charge in [-0.25, -0.2) is 4.57 Å². The van der Waals surface area contributed by atoms with E-state index in [9.17, 15) is 0 Å². The van der Waals surface area contributed by atoms with Crippen molar-refractivity contribution in [3.63, 3.8) is 0 Å². The summed E-state index contributed by atoms with van der Waals surface area (Å²) in [5.74, 6) is -0.833. The molecular weight excluding hydrogens is 205 g/mol. The van der Waals surface area contributed by atoms with Crippen molar-refractivity contribution in [2.24, 2.45) is 0 Å². The molecule has 0 unspecified atom stereocenters. The Bertz CT molecular complexity index is 179. The molecule has 0 aliphatic carbocycles. The van der Waals surface area contributed by atoms with Gasteiger partial charge in [0, 0.05) is 13.8 Å². The first-order valence-corrected chi connectivity index (χ1v) is 4.00. The van der Waals surface area contributed by atoms with E-state index in [0.717, 1.165) is 6.92 Å². The largest absolute Gasteiger partial charge is 0.481 e. The standard InChI is InChI=1S/C2H3N.C2H4O2.H3O4P.H2O/c1-2-3;1-2(3)4;1-5(2,3)4;/h1H3;1H3,(H,3,4);(H3,1,2,3,4);1H2. The summed E-state index contributed by atoms with van der Waals surface area (Å²) in [6, 6.07) is 1.75. The third-order valence-electron chi connectivity index (χ3n) is 0. The second-order valence-electron chi connectivity index (χ2n) is 1.26. The molecule has 0 aromatic heterocycles. The Balaban J connectivity index is -0.0000000465. The molecule has 6 N–H and O–H groups in total. The topological polar surface area (TPSA) is 170 Å². The SMILES string of the molecule is CC#N.CC(=O)O.O.O=P(O)(O)O. The van der Waals surface area contributed by atoms with Gasteiger partial charge in [0.1, 0.15) is 0 Å². The molecule has 0 aromatic rings. The number of carbonyl (C=O) groups is 1. The third-order valence-corrected chi connectivity index (χ3v) is 0. The van der Waals surface area contributed by atoms with Gasteiger partial charge in [-0.05, 0) is 0 Å². The molecule has 0 aliphatic rings. The maximum Gasteiger partial charge on any atom is 0.466 e. The van der Waals surface area contributed by atoms with Crippen molar-refractivity contribution >= 4 is 13.8 Å². The number of hydrogen-bond donors (Lipinski definition) is 4. The van der Waals surface area contributed by atoms with Gasteiger partial charge in [0.15, 0.2) is 0 Å². The molecule has 8 nitrogen and oxygen atoms in total. The van der Waals surface area contributed by atoms with Gasteiger partial charge < -0.3 is 25.3 Å². The minimum atomic E-state index is -4.64. The van der Waals surface area contributed by atoms with E-state index < -0.39 is 13.8 Å². The van der Waals surface area contributed by atoms with Crippen LogP contribution in [-0.4, -0.2) is 31.2 Å². The second kappa shape index (κ2) is 13.6. The van der Waals surface area contributed by atoms with Crippen molar-refractivity contribution in [1.82, 2.24) is 0 Å². The molecule has 13 heavy (non-hydrogen) atoms. The first-order valence-electron chi connectivity index (χ1n) is 2.43. The van der Waals surface area contributed by atoms with Crippen molar-refractivity contribution < 1.29 is 34.6 Å². The molecule has 9 heteroatoms. The van der Waals surface area contributed by atoms with Gasteiger partial charge in [-0.3, -0.25) is 4.79 Å². The molecular formula is C4H12NO7P. The van der Waals surface area contributed by atoms with Crippen LogP contribution in [0.25, 0.3) is 0 Å². The fourth-order valence-corrected chi connectivity index (χ4v) is 0. The Kier molecular flexibility index (Phi) is 23.8. The fraction of sp³-hybridized carbons (Fsp3) is 0.500. The highest BCUT2D eigenvalue weighted by molar-refractivity contribution is 7.45. The lowest BCUT2D eigenvalue weighted by atomic mass is 10.9. The van der Waals surface area contributed by atoms with Crippen LogP contribution in [0.5, 0.6) is 0 Å². The summed E-state index contributed by atoms with van der Waals surface area (Å²) >= 11 is 0. The van der Waals surface area contributed by atoms with E-state index in [-0.39, 0.29) is 5.48 Å². The molecule has 80 valence electrons. The highest BCUT2D eigenvalue weighted by atomic mass is 31.2. The summed E-state index contributed by atoms with van der Waals surface area (Å²) in [7, 11) is -4.64. The van der Waals surface area contributed by atoms with Gasteiger partial charge in [0.25, 0.3) is 5.97 Å². The average Bonchev–Trinajstić information content (AvgIpc) is 1.56. The number of carboxylic acid groups (broad SMARTS) is 1. The van der Waals surface area contributed by atoms with Crippen LogP contribution in [0.2, 0.25) is 0 Å². The predicted octanol–water partition coefficient (Wildman–Crippen LogP) is -1.13. The maximum atomic E-state index is 9.00. The molecule has 0 heterocycles. The van der Waals surface area contributed by atoms with Crippen molar-refractivity contribution in [1.29, 1.82) is 5.26 Å². The van der Waals surface area contributed by atoms with Crippen LogP contribution >= 0.6 is 7.82 Å². The van der Waals surface area contributed by atoms with Gasteiger partial charge >= 0.3 is 7.82 Å². The lowest BCUT2D eigenvalue weighted by Gasteiger charge is -1.82. The Hall–Kier alpha value is -0.970. The van der Waals surface area contributed by atoms with Gasteiger partial charge in [-0.1, -0.05) is 0 Å². The van der Waals surface area contributed by atoms with E-state index in [2.05, 4.69) is 0 Å². The first kappa shape index (κ1) is 22.7. The minimum absolute atomic E-state index is 0. The van der Waals surface area contributed by atoms with E-state index in [1.165, 1.54) is 6.92 Å². The Morgan fingerprint density at radius 1 is 1.38 bits per heavy atom. The third kappa shape index (κ3) is 956. The minimum Gasteiger partial charge on any atom is -0.481 e. The van der Waals surface area contributed by atoms with Gasteiger partial charge in [-0.2, -0.15) is 5.26 Å². The maximum absolute atomic E-state index is 9.00. The lowest BCUT2D eigenvalue weighted by molar-refractivity contribution is -0.134. The van der Waals surface area contributed by atoms with E-state index in [4.69, 9.17) is 34.4 Å². The van der Waals surface area contributed by atoms with Crippen LogP contribution in [0, 0.1) is 11.3 Å². The highest BCUT2D eigenvalue weighted by Crippen LogP contribution is 2.25. The van der Waals surface area contributed by atoms with E-state index in [1.807, 2.05) is 0 Å². The fourth-order valence-electron chi connectivity index (χ4n) is 0. The van der Waals surface area contributed by atoms with Crippen LogP contribution < -0.4 is 0 Å². The zero-order chi connectivity index (χ0) is 10.8. The van der Waals surface area contributed by atoms with Crippen LogP contribution in [-0.2, 0) is 9.36 Å². The molecule has 0 atom stereocenters. The zero-order valence-corrected chi connectivity index (χ0v) is 7.89. The summed E-state index contributed by atoms with van der Waals surface area (Å²) in [5, 5.41) is 14.7. The van der Waals surface area contributed by atoms with Gasteiger partial charge in [0.05, 0.1) is 6.07 Å². The summed E-state index contributed by atoms with van der Waals surface area (Å²) < 4.78 is 8.88. The average molecular weight is 217 g/mol. The number of hydrogen-bond acceptors (Lipinski definition) is 3. The monoisotopic (exact) mass is 217 g/mol. The number of phosphoric acid groups is 1. The Labute approximate surface area is 74.6 Å². The molecule has 0 saturated carbocycles. The Morgan fingerprint density at radius 3 is 1.38 bits per heavy atom. The van der Waals surface area contributed by atoms with Crippen molar-refractivity contribution in [2.45, 2.75) is 13.8 Å². The van der Waals surface area contributed by atoms with Gasteiger partial charge in [-0.15, -0.1) is 0 Å². The summed E-state index contributed by atoms with van der Waals surface area (Å²) in [6.45, 7) is 2.51. The smallest absolute Gasteiger partial charge is 0.466 e. The molecule has 0 bridgehead atoms. The van der Waals surface area contributed by atoms with Crippen LogP contribution in [0.4, 0.5) is 0 Å². The first-order chi connectivity index (χ1) is 5.15. The van der Waals surface area contributed by atoms with E-state index >= 15 is 0 Å². The molecule has 0 amide bonds. The van der Waals surface area contributed by atoms with E-state index in [0.29, 0.717) is 0 Å². The van der Waals surface area contributed by atoms with Crippen LogP contribution in [0.15, 0.2) is 0 Å². The molecule has 0 aliphatic heterocycles. The summed E-state index contributed by atoms with van der Waals surface area (Å²) in [4.78, 5) is 30.6. The lowest BCUT2D eigenvalue weighted by Crippen LogP contribution is -1.78. The molecule has 0 rings (SSSR count). The number of aliphatic carboxylic acids is 1. The molecule has 0 radical (unpaired) electrons. The van der Waals surface area contributed by atoms with Gasteiger partial charge in [0.2, 0.25) is 0 Å². The van der Waals surface area contributed by atoms with Crippen molar-refractivity contribution in [3.05, 3.63) is 0 Å². The van der Waals surface area contributed by atoms with Crippen LogP contribution in [0.1, 0.15) is 13.8 Å². The number of rotatable bonds is 0. The van der Waals surface area contributed by atoms with Crippen molar-refractivity contribution in [3.8, 4) is 6.07 Å². The quantitative estimate of drug-likeness (QED) is 0.371. The molecule has 0 spiro atoms. The second-order valence-corrected chi connectivity index (χ2v) is 2.28. The molecule has 0 fully saturated rings. The molecule has 0 saturated heterocycles. The Morgan fingerprint density at radius 2 is 1.38 bits per heavy atom. The normalized spacial score (nSPS) is 7.08. The number of nitrogens with zero attached hydrogens (tertiary/aromatic N) is 1. The predicted molar refractivity (Wildman–Crippen MR) is 42.5 cm³/mol. The highest BCUT2D eigenvalue weighted by Gasteiger charge is 2.00. The number of carboxylic acids is 1.